The van der Waals surface area contributed by atoms with Crippen LogP contribution in [0.2, 0.25) is 0 Å². The molecule has 0 radical (unpaired) electrons. The van der Waals surface area contributed by atoms with E-state index < -0.39 is 0 Å². The van der Waals surface area contributed by atoms with Crippen molar-refractivity contribution in [1.29, 1.82) is 0 Å². The molecule has 2 heteroatoms. The summed E-state index contributed by atoms with van der Waals surface area (Å²) in [5.41, 5.74) is 5.70. The molecule has 0 aromatic rings. The summed E-state index contributed by atoms with van der Waals surface area (Å²) in [4.78, 5) is 0. The van der Waals surface area contributed by atoms with Crippen LogP contribution < -0.4 is 5.73 Å². The second-order valence-electron chi connectivity index (χ2n) is 5.53. The van der Waals surface area contributed by atoms with Gasteiger partial charge in [-0.3, -0.25) is 0 Å². The number of nitrogens with two attached hydrogens (primary N) is 1. The van der Waals surface area contributed by atoms with Gasteiger partial charge in [0.25, 0.3) is 0 Å². The van der Waals surface area contributed by atoms with Crippen molar-refractivity contribution >= 4 is 0 Å². The Morgan fingerprint density at radius 2 is 1.80 bits per heavy atom. The van der Waals surface area contributed by atoms with Crippen molar-refractivity contribution in [1.82, 2.24) is 0 Å². The van der Waals surface area contributed by atoms with Crippen LogP contribution >= 0.6 is 0 Å². The summed E-state index contributed by atoms with van der Waals surface area (Å²) in [5, 5.41) is 0. The number of hydrogen-bond acceptors (Lipinski definition) is 2. The molecule has 0 bridgehead atoms. The van der Waals surface area contributed by atoms with Crippen molar-refractivity contribution in [3.63, 3.8) is 0 Å². The van der Waals surface area contributed by atoms with E-state index in [1.165, 1.54) is 19.3 Å². The van der Waals surface area contributed by atoms with Gasteiger partial charge in [0, 0.05) is 12.6 Å². The molecule has 15 heavy (non-hydrogen) atoms. The van der Waals surface area contributed by atoms with Crippen LogP contribution in [0.5, 0.6) is 0 Å². The SMILES string of the molecule is CC(N)CCCOC1CC(C)CC(C)C1. The fourth-order valence-electron chi connectivity index (χ4n) is 2.66. The molecule has 0 heterocycles. The predicted molar refractivity (Wildman–Crippen MR) is 64.8 cm³/mol. The average molecular weight is 213 g/mol. The van der Waals surface area contributed by atoms with Gasteiger partial charge in [-0.25, -0.2) is 0 Å². The van der Waals surface area contributed by atoms with Crippen molar-refractivity contribution in [2.45, 2.75) is 65.0 Å². The summed E-state index contributed by atoms with van der Waals surface area (Å²) in [6.45, 7) is 7.64. The zero-order valence-corrected chi connectivity index (χ0v) is 10.5. The van der Waals surface area contributed by atoms with E-state index in [1.54, 1.807) is 0 Å². The Bertz CT molecular complexity index is 160. The molecular formula is C13H27NO. The molecule has 0 aliphatic heterocycles. The van der Waals surface area contributed by atoms with Gasteiger partial charge in [0.2, 0.25) is 0 Å². The smallest absolute Gasteiger partial charge is 0.0580 e. The van der Waals surface area contributed by atoms with Crippen LogP contribution in [0.15, 0.2) is 0 Å². The monoisotopic (exact) mass is 213 g/mol. The minimum absolute atomic E-state index is 0.317. The summed E-state index contributed by atoms with van der Waals surface area (Å²) in [5.74, 6) is 1.68. The summed E-state index contributed by atoms with van der Waals surface area (Å²) in [6, 6.07) is 0.317. The molecule has 1 fully saturated rings. The quantitative estimate of drug-likeness (QED) is 0.713. The summed E-state index contributed by atoms with van der Waals surface area (Å²) in [7, 11) is 0. The van der Waals surface area contributed by atoms with Gasteiger partial charge in [-0.1, -0.05) is 13.8 Å². The maximum atomic E-state index is 5.92. The van der Waals surface area contributed by atoms with Crippen LogP contribution in [0, 0.1) is 11.8 Å². The highest BCUT2D eigenvalue weighted by Gasteiger charge is 2.23. The van der Waals surface area contributed by atoms with E-state index in [2.05, 4.69) is 20.8 Å². The minimum Gasteiger partial charge on any atom is -0.378 e. The van der Waals surface area contributed by atoms with Crippen LogP contribution in [0.4, 0.5) is 0 Å². The second-order valence-corrected chi connectivity index (χ2v) is 5.53. The molecule has 0 saturated heterocycles. The zero-order valence-electron chi connectivity index (χ0n) is 10.5. The van der Waals surface area contributed by atoms with Gasteiger partial charge in [-0.05, 0) is 50.9 Å². The summed E-state index contributed by atoms with van der Waals surface area (Å²) >= 11 is 0. The Hall–Kier alpha value is -0.0800. The van der Waals surface area contributed by atoms with Gasteiger partial charge in [0.15, 0.2) is 0 Å². The van der Waals surface area contributed by atoms with Crippen molar-refractivity contribution in [2.24, 2.45) is 17.6 Å². The van der Waals surface area contributed by atoms with Gasteiger partial charge in [0.1, 0.15) is 0 Å². The molecule has 0 amide bonds. The molecule has 2 N–H and O–H groups in total. The Kier molecular flexibility index (Phi) is 5.62. The molecule has 1 rings (SSSR count). The lowest BCUT2D eigenvalue weighted by Gasteiger charge is -2.31. The first kappa shape index (κ1) is 13.0. The lowest BCUT2D eigenvalue weighted by Crippen LogP contribution is -2.27. The second kappa shape index (κ2) is 6.49. The minimum atomic E-state index is 0.317. The standard InChI is InChI=1S/C13H27NO/c1-10-7-11(2)9-13(8-10)15-6-4-5-12(3)14/h10-13H,4-9,14H2,1-3H3. The highest BCUT2D eigenvalue weighted by Crippen LogP contribution is 2.30. The van der Waals surface area contributed by atoms with E-state index in [-0.39, 0.29) is 0 Å². The lowest BCUT2D eigenvalue weighted by atomic mass is 9.82. The molecule has 3 atom stereocenters. The molecular weight excluding hydrogens is 186 g/mol. The highest BCUT2D eigenvalue weighted by atomic mass is 16.5. The van der Waals surface area contributed by atoms with E-state index in [0.717, 1.165) is 31.3 Å². The van der Waals surface area contributed by atoms with Crippen LogP contribution in [0.3, 0.4) is 0 Å². The van der Waals surface area contributed by atoms with Crippen molar-refractivity contribution in [3.8, 4) is 0 Å². The molecule has 1 saturated carbocycles. The molecule has 0 aromatic heterocycles. The predicted octanol–water partition coefficient (Wildman–Crippen LogP) is 2.96. The van der Waals surface area contributed by atoms with Crippen molar-refractivity contribution in [3.05, 3.63) is 0 Å². The molecule has 3 unspecified atom stereocenters. The largest absolute Gasteiger partial charge is 0.378 e. The first-order valence-corrected chi connectivity index (χ1v) is 6.45. The van der Waals surface area contributed by atoms with E-state index >= 15 is 0 Å². The van der Waals surface area contributed by atoms with E-state index in [0.29, 0.717) is 12.1 Å². The summed E-state index contributed by atoms with van der Waals surface area (Å²) in [6.07, 6.45) is 6.58. The Balaban J connectivity index is 2.10. The topological polar surface area (TPSA) is 35.2 Å². The third-order valence-corrected chi connectivity index (χ3v) is 3.29. The fraction of sp³-hybridized carbons (Fsp3) is 1.00. The van der Waals surface area contributed by atoms with Crippen molar-refractivity contribution < 1.29 is 4.74 Å². The maximum Gasteiger partial charge on any atom is 0.0580 e. The first-order valence-electron chi connectivity index (χ1n) is 6.45. The lowest BCUT2D eigenvalue weighted by molar-refractivity contribution is -0.000811. The maximum absolute atomic E-state index is 5.92. The van der Waals surface area contributed by atoms with E-state index in [4.69, 9.17) is 10.5 Å². The van der Waals surface area contributed by atoms with E-state index in [9.17, 15) is 0 Å². The van der Waals surface area contributed by atoms with Crippen LogP contribution in [-0.4, -0.2) is 18.8 Å². The fourth-order valence-corrected chi connectivity index (χ4v) is 2.66. The van der Waals surface area contributed by atoms with Crippen molar-refractivity contribution in [2.75, 3.05) is 6.61 Å². The van der Waals surface area contributed by atoms with Crippen LogP contribution in [0.1, 0.15) is 52.9 Å². The van der Waals surface area contributed by atoms with Gasteiger partial charge in [-0.15, -0.1) is 0 Å². The zero-order chi connectivity index (χ0) is 11.3. The number of hydrogen-bond donors (Lipinski definition) is 1. The van der Waals surface area contributed by atoms with Gasteiger partial charge >= 0.3 is 0 Å². The molecule has 1 aliphatic carbocycles. The van der Waals surface area contributed by atoms with Crippen LogP contribution in [0.25, 0.3) is 0 Å². The Labute approximate surface area is 94.6 Å². The highest BCUT2D eigenvalue weighted by molar-refractivity contribution is 4.75. The average Bonchev–Trinajstić information content (AvgIpc) is 2.10. The Morgan fingerprint density at radius 1 is 1.20 bits per heavy atom. The molecule has 90 valence electrons. The molecule has 0 aromatic carbocycles. The molecule has 2 nitrogen and oxygen atoms in total. The summed E-state index contributed by atoms with van der Waals surface area (Å²) < 4.78 is 5.92. The third-order valence-electron chi connectivity index (χ3n) is 3.29. The number of ether oxygens (including phenoxy) is 1. The van der Waals surface area contributed by atoms with Gasteiger partial charge in [-0.2, -0.15) is 0 Å². The van der Waals surface area contributed by atoms with Gasteiger partial charge in [0.05, 0.1) is 6.10 Å². The third kappa shape index (κ3) is 5.53. The number of rotatable bonds is 5. The Morgan fingerprint density at radius 3 is 2.33 bits per heavy atom. The van der Waals surface area contributed by atoms with Crippen LogP contribution in [-0.2, 0) is 4.74 Å². The first-order chi connectivity index (χ1) is 7.08. The molecule has 1 aliphatic rings. The van der Waals surface area contributed by atoms with E-state index in [1.807, 2.05) is 0 Å². The molecule has 0 spiro atoms. The van der Waals surface area contributed by atoms with Gasteiger partial charge < -0.3 is 10.5 Å². The normalized spacial score (nSPS) is 34.0.